The Kier molecular flexibility index (Phi) is 9.48. The maximum atomic E-state index is 12.2. The number of methoxy groups -OCH3 is 1. The second-order valence-electron chi connectivity index (χ2n) is 8.96. The van der Waals surface area contributed by atoms with Crippen LogP contribution in [0.25, 0.3) is 0 Å². The fourth-order valence-electron chi connectivity index (χ4n) is 4.07. The molecule has 204 valence electrons. The molecule has 0 aliphatic rings. The second-order valence-corrected chi connectivity index (χ2v) is 9.37. The highest BCUT2D eigenvalue weighted by Gasteiger charge is 2.14. The van der Waals surface area contributed by atoms with E-state index < -0.39 is 0 Å². The molecule has 3 N–H and O–H groups in total. The van der Waals surface area contributed by atoms with Crippen molar-refractivity contribution < 1.29 is 14.3 Å². The molecule has 4 rings (SSSR count). The molecule has 0 fully saturated rings. The number of ether oxygens (including phenoxy) is 1. The van der Waals surface area contributed by atoms with Crippen LogP contribution in [0, 0.1) is 0 Å². The van der Waals surface area contributed by atoms with Crippen LogP contribution < -0.4 is 20.7 Å². The van der Waals surface area contributed by atoms with Crippen molar-refractivity contribution in [3.63, 3.8) is 0 Å². The summed E-state index contributed by atoms with van der Waals surface area (Å²) in [6.45, 7) is 3.52. The van der Waals surface area contributed by atoms with Crippen LogP contribution in [0.15, 0.2) is 85.6 Å². The maximum Gasteiger partial charge on any atom is 0.253 e. The highest BCUT2D eigenvalue weighted by molar-refractivity contribution is 6.33. The number of benzene rings is 3. The molecule has 0 radical (unpaired) electrons. The first-order chi connectivity index (χ1) is 19.4. The SMILES string of the molecule is C=CC(=O)CCc1ccc(Cc2ccc(Nc3ncc(Cl)c(Nc4ccccc4C(=O)NC)n3)c(OC)c2)cc1. The molecule has 1 heterocycles. The van der Waals surface area contributed by atoms with Crippen LogP contribution in [0.2, 0.25) is 5.02 Å². The average Bonchev–Trinajstić information content (AvgIpc) is 2.98. The van der Waals surface area contributed by atoms with Gasteiger partial charge in [0.25, 0.3) is 5.91 Å². The van der Waals surface area contributed by atoms with Gasteiger partial charge in [-0.25, -0.2) is 4.98 Å². The van der Waals surface area contributed by atoms with Crippen LogP contribution >= 0.6 is 11.6 Å². The van der Waals surface area contributed by atoms with Crippen molar-refractivity contribution in [3.8, 4) is 5.75 Å². The fourth-order valence-corrected chi connectivity index (χ4v) is 4.20. The van der Waals surface area contributed by atoms with E-state index in [1.165, 1.54) is 12.3 Å². The summed E-state index contributed by atoms with van der Waals surface area (Å²) in [6, 6.07) is 21.2. The quantitative estimate of drug-likeness (QED) is 0.177. The Balaban J connectivity index is 1.47. The fraction of sp³-hybridized carbons (Fsp3) is 0.161. The highest BCUT2D eigenvalue weighted by atomic mass is 35.5. The monoisotopic (exact) mass is 555 g/mol. The third kappa shape index (κ3) is 7.24. The number of aromatic nitrogens is 2. The van der Waals surface area contributed by atoms with Crippen LogP contribution in [0.3, 0.4) is 0 Å². The predicted octanol–water partition coefficient (Wildman–Crippen LogP) is 6.26. The van der Waals surface area contributed by atoms with Gasteiger partial charge in [0.1, 0.15) is 10.8 Å². The Hall–Kier alpha value is -4.69. The lowest BCUT2D eigenvalue weighted by atomic mass is 10.0. The number of hydrogen-bond acceptors (Lipinski definition) is 7. The topological polar surface area (TPSA) is 105 Å². The molecule has 3 aromatic carbocycles. The van der Waals surface area contributed by atoms with Gasteiger partial charge in [-0.05, 0) is 59.9 Å². The van der Waals surface area contributed by atoms with Gasteiger partial charge < -0.3 is 20.7 Å². The minimum Gasteiger partial charge on any atom is -0.495 e. The Morgan fingerprint density at radius 1 is 0.975 bits per heavy atom. The summed E-state index contributed by atoms with van der Waals surface area (Å²) in [5.74, 6) is 1.11. The molecule has 4 aromatic rings. The number of amides is 1. The van der Waals surface area contributed by atoms with Gasteiger partial charge in [-0.3, -0.25) is 9.59 Å². The zero-order chi connectivity index (χ0) is 28.5. The first kappa shape index (κ1) is 28.3. The van der Waals surface area contributed by atoms with Crippen molar-refractivity contribution in [2.75, 3.05) is 24.8 Å². The normalized spacial score (nSPS) is 10.5. The molecule has 1 amide bonds. The van der Waals surface area contributed by atoms with Crippen molar-refractivity contribution in [2.45, 2.75) is 19.3 Å². The molecule has 0 atom stereocenters. The summed E-state index contributed by atoms with van der Waals surface area (Å²) in [5, 5.41) is 9.25. The maximum absolute atomic E-state index is 12.2. The van der Waals surface area contributed by atoms with Crippen molar-refractivity contribution in [1.29, 1.82) is 0 Å². The highest BCUT2D eigenvalue weighted by Crippen LogP contribution is 2.31. The zero-order valence-electron chi connectivity index (χ0n) is 22.3. The number of aryl methyl sites for hydroxylation is 1. The number of carbonyl (C=O) groups excluding carboxylic acids is 2. The number of nitrogens with one attached hydrogen (secondary N) is 3. The Bertz CT molecular complexity index is 1520. The van der Waals surface area contributed by atoms with E-state index in [4.69, 9.17) is 16.3 Å². The molecule has 0 bridgehead atoms. The minimum atomic E-state index is -0.229. The molecule has 0 unspecified atom stereocenters. The standard InChI is InChI=1S/C31H30ClN5O3/c1-4-23(38)15-13-20-9-11-21(12-10-20)17-22-14-16-27(28(18-22)40-3)36-31-34-19-25(32)29(37-31)35-26-8-6-5-7-24(26)30(39)33-2/h4-12,14,16,18-19H,1,13,15,17H2,2-3H3,(H,33,39)(H2,34,35,36,37). The van der Waals surface area contributed by atoms with Gasteiger partial charge in [0.2, 0.25) is 5.95 Å². The van der Waals surface area contributed by atoms with Crippen molar-refractivity contribution in [2.24, 2.45) is 0 Å². The average molecular weight is 556 g/mol. The lowest BCUT2D eigenvalue weighted by Crippen LogP contribution is -2.19. The summed E-state index contributed by atoms with van der Waals surface area (Å²) in [5.41, 5.74) is 5.05. The van der Waals surface area contributed by atoms with Crippen LogP contribution in [0.5, 0.6) is 5.75 Å². The summed E-state index contributed by atoms with van der Waals surface area (Å²) < 4.78 is 5.64. The molecular weight excluding hydrogens is 526 g/mol. The zero-order valence-corrected chi connectivity index (χ0v) is 23.1. The van der Waals surface area contributed by atoms with Gasteiger partial charge in [0.05, 0.1) is 30.2 Å². The van der Waals surface area contributed by atoms with Gasteiger partial charge in [-0.1, -0.05) is 60.6 Å². The number of anilines is 4. The largest absolute Gasteiger partial charge is 0.495 e. The molecular formula is C31H30ClN5O3. The molecule has 0 saturated carbocycles. The molecule has 0 aliphatic carbocycles. The minimum absolute atomic E-state index is 0.0488. The third-order valence-electron chi connectivity index (χ3n) is 6.23. The van der Waals surface area contributed by atoms with E-state index in [9.17, 15) is 9.59 Å². The van der Waals surface area contributed by atoms with E-state index in [2.05, 4.69) is 56.8 Å². The molecule has 0 saturated heterocycles. The lowest BCUT2D eigenvalue weighted by Gasteiger charge is -2.14. The molecule has 9 heteroatoms. The number of rotatable bonds is 12. The van der Waals surface area contributed by atoms with Crippen LogP contribution in [0.4, 0.5) is 23.1 Å². The Labute approximate surface area is 238 Å². The first-order valence-electron chi connectivity index (χ1n) is 12.7. The van der Waals surface area contributed by atoms with Crippen LogP contribution in [-0.4, -0.2) is 35.8 Å². The van der Waals surface area contributed by atoms with Gasteiger partial charge in [0, 0.05) is 13.5 Å². The van der Waals surface area contributed by atoms with E-state index in [0.29, 0.717) is 52.3 Å². The number of nitrogens with zero attached hydrogens (tertiary/aromatic N) is 2. The summed E-state index contributed by atoms with van der Waals surface area (Å²) >= 11 is 6.36. The molecule has 40 heavy (non-hydrogen) atoms. The first-order valence-corrected chi connectivity index (χ1v) is 13.1. The number of hydrogen-bond donors (Lipinski definition) is 3. The summed E-state index contributed by atoms with van der Waals surface area (Å²) in [4.78, 5) is 32.5. The van der Waals surface area contributed by atoms with Gasteiger partial charge in [-0.15, -0.1) is 0 Å². The van der Waals surface area contributed by atoms with E-state index in [1.807, 2.05) is 24.3 Å². The number of halogens is 1. The van der Waals surface area contributed by atoms with Crippen molar-refractivity contribution in [3.05, 3.63) is 113 Å². The smallest absolute Gasteiger partial charge is 0.253 e. The van der Waals surface area contributed by atoms with Crippen LogP contribution in [0.1, 0.15) is 33.5 Å². The molecule has 0 spiro atoms. The predicted molar refractivity (Wildman–Crippen MR) is 159 cm³/mol. The van der Waals surface area contributed by atoms with E-state index in [-0.39, 0.29) is 11.7 Å². The number of ketones is 1. The third-order valence-corrected chi connectivity index (χ3v) is 6.50. The van der Waals surface area contributed by atoms with Crippen molar-refractivity contribution >= 4 is 46.4 Å². The van der Waals surface area contributed by atoms with Gasteiger partial charge >= 0.3 is 0 Å². The molecule has 1 aromatic heterocycles. The summed E-state index contributed by atoms with van der Waals surface area (Å²) in [7, 11) is 3.18. The lowest BCUT2D eigenvalue weighted by molar-refractivity contribution is -0.114. The second kappa shape index (κ2) is 13.4. The molecule has 0 aliphatic heterocycles. The van der Waals surface area contributed by atoms with E-state index >= 15 is 0 Å². The van der Waals surface area contributed by atoms with Gasteiger partial charge in [0.15, 0.2) is 11.6 Å². The van der Waals surface area contributed by atoms with Crippen molar-refractivity contribution in [1.82, 2.24) is 15.3 Å². The number of allylic oxidation sites excluding steroid dienone is 1. The summed E-state index contributed by atoms with van der Waals surface area (Å²) in [6.07, 6.45) is 4.74. The number of para-hydroxylation sites is 1. The number of carbonyl (C=O) groups is 2. The Morgan fingerprint density at radius 2 is 1.70 bits per heavy atom. The van der Waals surface area contributed by atoms with E-state index in [0.717, 1.165) is 23.1 Å². The van der Waals surface area contributed by atoms with Gasteiger partial charge in [-0.2, -0.15) is 4.98 Å². The Morgan fingerprint density at radius 3 is 2.42 bits per heavy atom. The van der Waals surface area contributed by atoms with E-state index in [1.54, 1.807) is 32.4 Å². The van der Waals surface area contributed by atoms with Crippen LogP contribution in [-0.2, 0) is 17.6 Å². The molecule has 8 nitrogen and oxygen atoms in total.